The highest BCUT2D eigenvalue weighted by Crippen LogP contribution is 2.20. The van der Waals surface area contributed by atoms with E-state index in [2.05, 4.69) is 20.3 Å². The second kappa shape index (κ2) is 4.57. The number of hydrogen-bond acceptors (Lipinski definition) is 5. The van der Waals surface area contributed by atoms with Gasteiger partial charge in [0.25, 0.3) is 0 Å². The zero-order chi connectivity index (χ0) is 11.4. The number of anilines is 1. The van der Waals surface area contributed by atoms with E-state index in [1.54, 1.807) is 38.9 Å². The molecule has 0 aromatic carbocycles. The van der Waals surface area contributed by atoms with E-state index in [4.69, 9.17) is 4.74 Å². The third-order valence-electron chi connectivity index (χ3n) is 2.14. The molecule has 0 unspecified atom stereocenters. The average molecular weight is 216 g/mol. The summed E-state index contributed by atoms with van der Waals surface area (Å²) in [6, 6.07) is 1.87. The minimum Gasteiger partial charge on any atom is -0.495 e. The first-order valence-corrected chi connectivity index (χ1v) is 4.82. The lowest BCUT2D eigenvalue weighted by atomic mass is 10.2. The van der Waals surface area contributed by atoms with E-state index in [-0.39, 0.29) is 0 Å². The van der Waals surface area contributed by atoms with Crippen LogP contribution in [0.5, 0.6) is 5.75 Å². The number of aromatic nitrogens is 3. The van der Waals surface area contributed by atoms with E-state index in [0.717, 1.165) is 17.1 Å². The quantitative estimate of drug-likeness (QED) is 0.844. The molecular weight excluding hydrogens is 204 g/mol. The Balaban J connectivity index is 2.41. The van der Waals surface area contributed by atoms with Gasteiger partial charge in [0.1, 0.15) is 11.6 Å². The zero-order valence-electron chi connectivity index (χ0n) is 9.14. The Morgan fingerprint density at radius 2 is 1.94 bits per heavy atom. The van der Waals surface area contributed by atoms with Crippen LogP contribution in [0.15, 0.2) is 30.9 Å². The fourth-order valence-electron chi connectivity index (χ4n) is 1.30. The molecule has 0 amide bonds. The van der Waals surface area contributed by atoms with Crippen molar-refractivity contribution >= 4 is 5.82 Å². The smallest absolute Gasteiger partial charge is 0.144 e. The molecule has 0 bridgehead atoms. The van der Waals surface area contributed by atoms with Gasteiger partial charge in [0.2, 0.25) is 0 Å². The van der Waals surface area contributed by atoms with Gasteiger partial charge >= 0.3 is 0 Å². The molecule has 2 heterocycles. The monoisotopic (exact) mass is 216 g/mol. The number of ether oxygens (including phenoxy) is 1. The Morgan fingerprint density at radius 3 is 2.69 bits per heavy atom. The summed E-state index contributed by atoms with van der Waals surface area (Å²) in [4.78, 5) is 12.5. The molecule has 5 heteroatoms. The molecule has 0 atom stereocenters. The van der Waals surface area contributed by atoms with E-state index in [9.17, 15) is 0 Å². The SMILES string of the molecule is CNc1cncc(-c2cncc(OC)c2)n1. The van der Waals surface area contributed by atoms with Crippen LogP contribution in [0.25, 0.3) is 11.3 Å². The van der Waals surface area contributed by atoms with E-state index in [0.29, 0.717) is 5.75 Å². The van der Waals surface area contributed by atoms with Crippen molar-refractivity contribution in [3.8, 4) is 17.0 Å². The lowest BCUT2D eigenvalue weighted by Gasteiger charge is -2.04. The van der Waals surface area contributed by atoms with E-state index in [1.807, 2.05) is 6.07 Å². The van der Waals surface area contributed by atoms with Crippen LogP contribution in [-0.2, 0) is 0 Å². The number of methoxy groups -OCH3 is 1. The van der Waals surface area contributed by atoms with Crippen molar-refractivity contribution < 1.29 is 4.74 Å². The fourth-order valence-corrected chi connectivity index (χ4v) is 1.30. The molecule has 82 valence electrons. The lowest BCUT2D eigenvalue weighted by molar-refractivity contribution is 0.413. The van der Waals surface area contributed by atoms with Crippen molar-refractivity contribution in [2.75, 3.05) is 19.5 Å². The normalized spacial score (nSPS) is 9.88. The van der Waals surface area contributed by atoms with Crippen molar-refractivity contribution in [1.29, 1.82) is 0 Å². The molecule has 0 aliphatic carbocycles. The summed E-state index contributed by atoms with van der Waals surface area (Å²) in [6.07, 6.45) is 6.74. The van der Waals surface area contributed by atoms with Crippen LogP contribution in [0.3, 0.4) is 0 Å². The van der Waals surface area contributed by atoms with Crippen LogP contribution in [0.2, 0.25) is 0 Å². The van der Waals surface area contributed by atoms with Crippen LogP contribution in [0.4, 0.5) is 5.82 Å². The van der Waals surface area contributed by atoms with Gasteiger partial charge in [-0.15, -0.1) is 0 Å². The van der Waals surface area contributed by atoms with Crippen molar-refractivity contribution in [1.82, 2.24) is 15.0 Å². The molecule has 2 aromatic rings. The Bertz CT molecular complexity index is 441. The minimum absolute atomic E-state index is 0.703. The van der Waals surface area contributed by atoms with Crippen LogP contribution in [0, 0.1) is 0 Å². The average Bonchev–Trinajstić information content (AvgIpc) is 2.39. The Kier molecular flexibility index (Phi) is 2.95. The van der Waals surface area contributed by atoms with Crippen molar-refractivity contribution in [2.24, 2.45) is 0 Å². The summed E-state index contributed by atoms with van der Waals surface area (Å²) in [5, 5.41) is 2.94. The molecular formula is C11H12N4O. The second-order valence-corrected chi connectivity index (χ2v) is 3.15. The summed E-state index contributed by atoms with van der Waals surface area (Å²) in [6.45, 7) is 0. The highest BCUT2D eigenvalue weighted by molar-refractivity contribution is 5.60. The van der Waals surface area contributed by atoms with Crippen molar-refractivity contribution in [2.45, 2.75) is 0 Å². The van der Waals surface area contributed by atoms with Crippen molar-refractivity contribution in [3.63, 3.8) is 0 Å². The number of rotatable bonds is 3. The molecule has 1 N–H and O–H groups in total. The molecule has 0 saturated carbocycles. The Morgan fingerprint density at radius 1 is 1.12 bits per heavy atom. The molecule has 0 fully saturated rings. The zero-order valence-corrected chi connectivity index (χ0v) is 9.14. The van der Waals surface area contributed by atoms with E-state index >= 15 is 0 Å². The molecule has 2 aromatic heterocycles. The maximum absolute atomic E-state index is 5.11. The number of nitrogens with one attached hydrogen (secondary N) is 1. The fraction of sp³-hybridized carbons (Fsp3) is 0.182. The third-order valence-corrected chi connectivity index (χ3v) is 2.14. The van der Waals surface area contributed by atoms with Crippen LogP contribution in [0.1, 0.15) is 0 Å². The molecule has 2 rings (SSSR count). The first kappa shape index (κ1) is 10.4. The van der Waals surface area contributed by atoms with Gasteiger partial charge in [0, 0.05) is 18.8 Å². The molecule has 0 aliphatic rings. The number of nitrogens with zero attached hydrogens (tertiary/aromatic N) is 3. The number of hydrogen-bond donors (Lipinski definition) is 1. The van der Waals surface area contributed by atoms with Gasteiger partial charge in [-0.25, -0.2) is 4.98 Å². The first-order chi connectivity index (χ1) is 7.83. The van der Waals surface area contributed by atoms with Gasteiger partial charge in [-0.1, -0.05) is 0 Å². The summed E-state index contributed by atoms with van der Waals surface area (Å²) in [5.41, 5.74) is 1.64. The van der Waals surface area contributed by atoms with Crippen molar-refractivity contribution in [3.05, 3.63) is 30.9 Å². The predicted molar refractivity (Wildman–Crippen MR) is 61.4 cm³/mol. The topological polar surface area (TPSA) is 59.9 Å². The largest absolute Gasteiger partial charge is 0.495 e. The predicted octanol–water partition coefficient (Wildman–Crippen LogP) is 1.59. The molecule has 0 radical (unpaired) electrons. The highest BCUT2D eigenvalue weighted by atomic mass is 16.5. The van der Waals surface area contributed by atoms with E-state index < -0.39 is 0 Å². The van der Waals surface area contributed by atoms with Gasteiger partial charge < -0.3 is 10.1 Å². The second-order valence-electron chi connectivity index (χ2n) is 3.15. The maximum Gasteiger partial charge on any atom is 0.144 e. The summed E-state index contributed by atoms with van der Waals surface area (Å²) < 4.78 is 5.11. The Hall–Kier alpha value is -2.17. The summed E-state index contributed by atoms with van der Waals surface area (Å²) >= 11 is 0. The Labute approximate surface area is 93.5 Å². The third kappa shape index (κ3) is 2.08. The lowest BCUT2D eigenvalue weighted by Crippen LogP contribution is -1.95. The van der Waals surface area contributed by atoms with Crippen LogP contribution in [-0.4, -0.2) is 29.1 Å². The summed E-state index contributed by atoms with van der Waals surface area (Å²) in [5.74, 6) is 1.43. The maximum atomic E-state index is 5.11. The van der Waals surface area contributed by atoms with Gasteiger partial charge in [-0.2, -0.15) is 0 Å². The van der Waals surface area contributed by atoms with Gasteiger partial charge in [0.05, 0.1) is 31.4 Å². The van der Waals surface area contributed by atoms with Crippen LogP contribution >= 0.6 is 0 Å². The molecule has 16 heavy (non-hydrogen) atoms. The molecule has 0 aliphatic heterocycles. The highest BCUT2D eigenvalue weighted by Gasteiger charge is 2.03. The standard InChI is InChI=1S/C11H12N4O/c1-12-11-7-14-6-10(15-11)8-3-9(16-2)5-13-4-8/h3-7H,1-2H3,(H,12,15). The van der Waals surface area contributed by atoms with E-state index in [1.165, 1.54) is 0 Å². The minimum atomic E-state index is 0.703. The van der Waals surface area contributed by atoms with Crippen LogP contribution < -0.4 is 10.1 Å². The molecule has 0 saturated heterocycles. The van der Waals surface area contributed by atoms with Gasteiger partial charge in [0.15, 0.2) is 0 Å². The molecule has 0 spiro atoms. The summed E-state index contributed by atoms with van der Waals surface area (Å²) in [7, 11) is 3.41. The molecule has 5 nitrogen and oxygen atoms in total. The number of pyridine rings is 1. The first-order valence-electron chi connectivity index (χ1n) is 4.82. The van der Waals surface area contributed by atoms with Gasteiger partial charge in [-0.3, -0.25) is 9.97 Å². The van der Waals surface area contributed by atoms with Gasteiger partial charge in [-0.05, 0) is 6.07 Å².